The maximum Gasteiger partial charge on any atom is 0.127 e. The van der Waals surface area contributed by atoms with Crippen molar-refractivity contribution in [2.75, 3.05) is 12.4 Å². The Bertz CT molecular complexity index is 569. The van der Waals surface area contributed by atoms with Gasteiger partial charge in [-0.25, -0.2) is 0 Å². The van der Waals surface area contributed by atoms with Crippen molar-refractivity contribution in [3.05, 3.63) is 60.2 Å². The molecular formula is C16H18O4S. The number of hydrogen-bond acceptors (Lipinski definition) is 4. The van der Waals surface area contributed by atoms with Crippen molar-refractivity contribution < 1.29 is 19.2 Å². The van der Waals surface area contributed by atoms with Crippen LogP contribution in [0.2, 0.25) is 0 Å². The second-order valence-corrected chi connectivity index (χ2v) is 6.15. The van der Waals surface area contributed by atoms with E-state index in [4.69, 9.17) is 9.84 Å². The highest BCUT2D eigenvalue weighted by atomic mass is 32.2. The third-order valence-corrected chi connectivity index (χ3v) is 4.23. The molecular weight excluding hydrogens is 288 g/mol. The zero-order chi connectivity index (χ0) is 15.1. The van der Waals surface area contributed by atoms with Gasteiger partial charge in [0.15, 0.2) is 0 Å². The summed E-state index contributed by atoms with van der Waals surface area (Å²) in [5.41, 5.74) is 0.902. The Kier molecular flexibility index (Phi) is 5.92. The van der Waals surface area contributed by atoms with E-state index in [-0.39, 0.29) is 12.4 Å². The summed E-state index contributed by atoms with van der Waals surface area (Å²) < 4.78 is 17.4. The van der Waals surface area contributed by atoms with E-state index in [2.05, 4.69) is 0 Å². The van der Waals surface area contributed by atoms with Gasteiger partial charge in [-0.1, -0.05) is 30.3 Å². The highest BCUT2D eigenvalue weighted by Crippen LogP contribution is 2.21. The number of ether oxygens (including phenoxy) is 1. The number of aliphatic hydroxyl groups excluding tert-OH is 2. The van der Waals surface area contributed by atoms with Crippen LogP contribution in [-0.4, -0.2) is 32.9 Å². The van der Waals surface area contributed by atoms with Gasteiger partial charge in [-0.3, -0.25) is 4.21 Å². The van der Waals surface area contributed by atoms with E-state index in [1.807, 2.05) is 54.6 Å². The molecule has 0 aliphatic rings. The van der Waals surface area contributed by atoms with Crippen LogP contribution in [0.4, 0.5) is 0 Å². The highest BCUT2D eigenvalue weighted by molar-refractivity contribution is 7.84. The molecule has 0 heterocycles. The van der Waals surface area contributed by atoms with E-state index in [9.17, 15) is 9.32 Å². The van der Waals surface area contributed by atoms with Gasteiger partial charge in [0, 0.05) is 16.6 Å². The molecule has 112 valence electrons. The standard InChI is InChI=1S/C16H18O4S/c17-10-14(18)12-21(19)11-13-6-8-16(9-7-13)20-15-4-2-1-3-5-15/h1-9,14,17-18H,10-12H2/t14-,21-/m1/s1. The highest BCUT2D eigenvalue weighted by Gasteiger charge is 2.09. The first-order valence-corrected chi connectivity index (χ1v) is 8.12. The van der Waals surface area contributed by atoms with E-state index in [1.54, 1.807) is 0 Å². The van der Waals surface area contributed by atoms with Gasteiger partial charge < -0.3 is 14.9 Å². The minimum absolute atomic E-state index is 0.0821. The van der Waals surface area contributed by atoms with Gasteiger partial charge in [0.05, 0.1) is 18.5 Å². The van der Waals surface area contributed by atoms with Crippen molar-refractivity contribution in [2.45, 2.75) is 11.9 Å². The zero-order valence-corrected chi connectivity index (χ0v) is 12.3. The van der Waals surface area contributed by atoms with Gasteiger partial charge in [-0.15, -0.1) is 0 Å². The average molecular weight is 306 g/mol. The summed E-state index contributed by atoms with van der Waals surface area (Å²) in [5, 5.41) is 18.0. The normalized spacial score (nSPS) is 13.6. The molecule has 0 aliphatic carbocycles. The predicted molar refractivity (Wildman–Crippen MR) is 82.8 cm³/mol. The van der Waals surface area contributed by atoms with Crippen LogP contribution in [0, 0.1) is 0 Å². The van der Waals surface area contributed by atoms with Crippen molar-refractivity contribution >= 4 is 10.8 Å². The molecule has 2 rings (SSSR count). The van der Waals surface area contributed by atoms with E-state index < -0.39 is 16.9 Å². The van der Waals surface area contributed by atoms with Crippen LogP contribution in [-0.2, 0) is 16.6 Å². The first-order valence-electron chi connectivity index (χ1n) is 6.63. The Morgan fingerprint density at radius 2 is 1.62 bits per heavy atom. The van der Waals surface area contributed by atoms with Gasteiger partial charge in [-0.2, -0.15) is 0 Å². The second-order valence-electron chi connectivity index (χ2n) is 4.65. The number of aliphatic hydroxyl groups is 2. The van der Waals surface area contributed by atoms with Gasteiger partial charge in [-0.05, 0) is 29.8 Å². The Morgan fingerprint density at radius 1 is 1.00 bits per heavy atom. The van der Waals surface area contributed by atoms with Crippen LogP contribution in [0.1, 0.15) is 5.56 Å². The Morgan fingerprint density at radius 3 is 2.24 bits per heavy atom. The topological polar surface area (TPSA) is 66.8 Å². The quantitative estimate of drug-likeness (QED) is 0.822. The molecule has 0 fully saturated rings. The van der Waals surface area contributed by atoms with Gasteiger partial charge in [0.25, 0.3) is 0 Å². The van der Waals surface area contributed by atoms with Crippen molar-refractivity contribution in [1.29, 1.82) is 0 Å². The zero-order valence-electron chi connectivity index (χ0n) is 11.5. The molecule has 0 saturated carbocycles. The minimum Gasteiger partial charge on any atom is -0.457 e. The molecule has 0 aliphatic heterocycles. The lowest BCUT2D eigenvalue weighted by molar-refractivity contribution is 0.113. The van der Waals surface area contributed by atoms with Crippen molar-refractivity contribution in [3.8, 4) is 11.5 Å². The summed E-state index contributed by atoms with van der Waals surface area (Å²) in [7, 11) is -1.20. The largest absolute Gasteiger partial charge is 0.457 e. The van der Waals surface area contributed by atoms with Crippen LogP contribution in [0.15, 0.2) is 54.6 Å². The van der Waals surface area contributed by atoms with Crippen molar-refractivity contribution in [1.82, 2.24) is 0 Å². The monoisotopic (exact) mass is 306 g/mol. The average Bonchev–Trinajstić information content (AvgIpc) is 2.50. The van der Waals surface area contributed by atoms with Crippen LogP contribution < -0.4 is 4.74 Å². The van der Waals surface area contributed by atoms with Crippen LogP contribution in [0.5, 0.6) is 11.5 Å². The molecule has 0 radical (unpaired) electrons. The van der Waals surface area contributed by atoms with E-state index in [0.717, 1.165) is 11.3 Å². The predicted octanol–water partition coefficient (Wildman–Crippen LogP) is 2.08. The molecule has 0 amide bonds. The van der Waals surface area contributed by atoms with Gasteiger partial charge in [0.1, 0.15) is 11.5 Å². The van der Waals surface area contributed by atoms with Crippen LogP contribution in [0.3, 0.4) is 0 Å². The molecule has 0 bridgehead atoms. The lowest BCUT2D eigenvalue weighted by atomic mass is 10.2. The maximum absolute atomic E-state index is 11.8. The summed E-state index contributed by atoms with van der Waals surface area (Å²) in [4.78, 5) is 0. The molecule has 2 aromatic rings. The van der Waals surface area contributed by atoms with Gasteiger partial charge in [0.2, 0.25) is 0 Å². The third-order valence-electron chi connectivity index (χ3n) is 2.82. The number of para-hydroxylation sites is 1. The first kappa shape index (κ1) is 15.7. The Labute approximate surface area is 126 Å². The number of rotatable bonds is 7. The third kappa shape index (κ3) is 5.30. The van der Waals surface area contributed by atoms with Crippen LogP contribution in [0.25, 0.3) is 0 Å². The summed E-state index contributed by atoms with van der Waals surface area (Å²) in [6.07, 6.45) is -0.925. The van der Waals surface area contributed by atoms with E-state index in [0.29, 0.717) is 11.5 Å². The molecule has 2 N–H and O–H groups in total. The number of benzene rings is 2. The van der Waals surface area contributed by atoms with E-state index >= 15 is 0 Å². The maximum atomic E-state index is 11.8. The smallest absolute Gasteiger partial charge is 0.127 e. The molecule has 4 nitrogen and oxygen atoms in total. The molecule has 2 atom stereocenters. The fourth-order valence-corrected chi connectivity index (χ4v) is 3.01. The second kappa shape index (κ2) is 7.93. The Balaban J connectivity index is 1.91. The minimum atomic E-state index is -1.20. The first-order chi connectivity index (χ1) is 10.2. The lowest BCUT2D eigenvalue weighted by Crippen LogP contribution is -2.21. The summed E-state index contributed by atoms with van der Waals surface area (Å²) in [6, 6.07) is 16.8. The molecule has 5 heteroatoms. The molecule has 0 unspecified atom stereocenters. The van der Waals surface area contributed by atoms with Crippen molar-refractivity contribution in [2.24, 2.45) is 0 Å². The molecule has 0 aromatic heterocycles. The Hall–Kier alpha value is -1.69. The van der Waals surface area contributed by atoms with E-state index in [1.165, 1.54) is 0 Å². The fraction of sp³-hybridized carbons (Fsp3) is 0.250. The lowest BCUT2D eigenvalue weighted by Gasteiger charge is -2.08. The molecule has 2 aromatic carbocycles. The molecule has 21 heavy (non-hydrogen) atoms. The summed E-state index contributed by atoms with van der Waals surface area (Å²) in [6.45, 7) is -0.365. The fourth-order valence-electron chi connectivity index (χ4n) is 1.79. The number of hydrogen-bond donors (Lipinski definition) is 2. The molecule has 0 spiro atoms. The summed E-state index contributed by atoms with van der Waals surface area (Å²) in [5.74, 6) is 1.91. The van der Waals surface area contributed by atoms with Gasteiger partial charge >= 0.3 is 0 Å². The molecule has 0 saturated heterocycles. The van der Waals surface area contributed by atoms with Crippen LogP contribution >= 0.6 is 0 Å². The SMILES string of the molecule is O=[S@](Cc1ccc(Oc2ccccc2)cc1)C[C@H](O)CO. The summed E-state index contributed by atoms with van der Waals surface area (Å²) >= 11 is 0. The van der Waals surface area contributed by atoms with Crippen molar-refractivity contribution in [3.63, 3.8) is 0 Å².